The molecular formula is C31H25F9O8. The molecule has 4 atom stereocenters. The van der Waals surface area contributed by atoms with Crippen LogP contribution >= 0.6 is 0 Å². The van der Waals surface area contributed by atoms with E-state index in [0.717, 1.165) is 48.5 Å². The highest BCUT2D eigenvalue weighted by Gasteiger charge is 2.67. The van der Waals surface area contributed by atoms with Crippen molar-refractivity contribution in [3.63, 3.8) is 0 Å². The first-order valence-corrected chi connectivity index (χ1v) is 13.4. The van der Waals surface area contributed by atoms with Gasteiger partial charge in [-0.2, -0.15) is 39.5 Å². The van der Waals surface area contributed by atoms with Gasteiger partial charge in [0.2, 0.25) is 6.10 Å². The molecule has 3 aromatic rings. The predicted octanol–water partition coefficient (Wildman–Crippen LogP) is 6.44. The van der Waals surface area contributed by atoms with Crippen molar-refractivity contribution in [2.24, 2.45) is 0 Å². The van der Waals surface area contributed by atoms with E-state index in [1.54, 1.807) is 0 Å². The molecule has 0 spiro atoms. The van der Waals surface area contributed by atoms with E-state index in [9.17, 15) is 53.9 Å². The minimum Gasteiger partial charge on any atom is -0.458 e. The van der Waals surface area contributed by atoms with Crippen molar-refractivity contribution in [1.29, 1.82) is 0 Å². The average Bonchev–Trinajstić information content (AvgIpc) is 3.02. The minimum atomic E-state index is -5.96. The highest BCUT2D eigenvalue weighted by atomic mass is 19.4. The van der Waals surface area contributed by atoms with Gasteiger partial charge in [-0.15, -0.1) is 0 Å². The Hall–Kier alpha value is -4.64. The van der Waals surface area contributed by atoms with E-state index in [-0.39, 0.29) is 5.56 Å². The molecule has 0 radical (unpaired) electrons. The van der Waals surface area contributed by atoms with Crippen LogP contribution in [0.2, 0.25) is 0 Å². The lowest BCUT2D eigenvalue weighted by Crippen LogP contribution is -2.58. The molecule has 8 nitrogen and oxygen atoms in total. The fourth-order valence-corrected chi connectivity index (χ4v) is 4.54. The third-order valence-electron chi connectivity index (χ3n) is 6.89. The van der Waals surface area contributed by atoms with Crippen LogP contribution in [-0.4, -0.2) is 69.5 Å². The summed E-state index contributed by atoms with van der Waals surface area (Å²) in [6.45, 7) is -1.76. The number of ether oxygens (including phenoxy) is 5. The lowest BCUT2D eigenvalue weighted by molar-refractivity contribution is -0.301. The van der Waals surface area contributed by atoms with Crippen LogP contribution in [0.25, 0.3) is 0 Å². The Morgan fingerprint density at radius 1 is 0.583 bits per heavy atom. The summed E-state index contributed by atoms with van der Waals surface area (Å²) in [6.07, 6.45) is -24.6. The number of hydrogen-bond donors (Lipinski definition) is 0. The second kappa shape index (κ2) is 14.6. The topological polar surface area (TPSA) is 97.4 Å². The van der Waals surface area contributed by atoms with Crippen LogP contribution in [0.1, 0.15) is 21.5 Å². The zero-order valence-corrected chi connectivity index (χ0v) is 24.7. The summed E-state index contributed by atoms with van der Waals surface area (Å²) in [5.74, 6) is -6.68. The number of halogens is 9. The largest absolute Gasteiger partial charge is 0.458 e. The molecule has 3 aromatic carbocycles. The quantitative estimate of drug-likeness (QED) is 0.121. The fourth-order valence-electron chi connectivity index (χ4n) is 4.54. The maximum Gasteiger partial charge on any atom is 0.432 e. The van der Waals surface area contributed by atoms with Crippen molar-refractivity contribution in [3.05, 3.63) is 108 Å². The third kappa shape index (κ3) is 7.57. The molecule has 0 amide bonds. The Labute approximate surface area is 266 Å². The van der Waals surface area contributed by atoms with Crippen LogP contribution in [0.5, 0.6) is 0 Å². The van der Waals surface area contributed by atoms with Crippen molar-refractivity contribution in [2.45, 2.75) is 41.9 Å². The first-order valence-electron chi connectivity index (χ1n) is 13.4. The molecule has 0 saturated carbocycles. The van der Waals surface area contributed by atoms with Crippen LogP contribution in [-0.2, 0) is 44.5 Å². The lowest BCUT2D eigenvalue weighted by Gasteiger charge is -2.37. The molecule has 0 aliphatic rings. The van der Waals surface area contributed by atoms with Gasteiger partial charge in [-0.3, -0.25) is 0 Å². The number of carbonyl (C=O) groups is 3. The smallest absolute Gasteiger partial charge is 0.432 e. The number of carbonyl (C=O) groups excluding carboxylic acids is 3. The summed E-state index contributed by atoms with van der Waals surface area (Å²) in [5, 5.41) is 0. The Balaban J connectivity index is 2.15. The Kier molecular flexibility index (Phi) is 11.5. The van der Waals surface area contributed by atoms with Crippen LogP contribution in [0.4, 0.5) is 39.5 Å². The van der Waals surface area contributed by atoms with Gasteiger partial charge in [-0.25, -0.2) is 14.4 Å². The number of methoxy groups -OCH3 is 2. The fraction of sp³-hybridized carbons (Fsp3) is 0.323. The molecule has 3 rings (SSSR count). The molecule has 48 heavy (non-hydrogen) atoms. The van der Waals surface area contributed by atoms with E-state index in [4.69, 9.17) is 4.74 Å². The Morgan fingerprint density at radius 3 is 1.31 bits per heavy atom. The summed E-state index contributed by atoms with van der Waals surface area (Å²) >= 11 is 0. The molecule has 17 heteroatoms. The summed E-state index contributed by atoms with van der Waals surface area (Å²) in [5.41, 5.74) is -10.6. The highest BCUT2D eigenvalue weighted by Crippen LogP contribution is 2.46. The van der Waals surface area contributed by atoms with E-state index >= 15 is 0 Å². The second-order valence-corrected chi connectivity index (χ2v) is 9.77. The van der Waals surface area contributed by atoms with Gasteiger partial charge in [0.1, 0.15) is 6.61 Å². The average molecular weight is 697 g/mol. The molecule has 0 aliphatic carbocycles. The standard InChI is InChI=1S/C31H25F9O8/c1-44-27(30(35,36)37,20-14-8-4-9-15-20)25(42)47-22(18-46-24(41)19-12-6-3-7-13-19)23(29(32,33)34)48-26(43)28(45-2,31(38,39)40)21-16-10-5-11-17-21/h3-17,22-23H,18H2,1-2H3/t22?,23?,27-,28-/m1/s1. The maximum absolute atomic E-state index is 14.6. The molecule has 0 heterocycles. The van der Waals surface area contributed by atoms with Crippen LogP contribution in [0.15, 0.2) is 91.0 Å². The highest BCUT2D eigenvalue weighted by molar-refractivity contribution is 5.89. The van der Waals surface area contributed by atoms with E-state index in [1.165, 1.54) is 30.3 Å². The van der Waals surface area contributed by atoms with Crippen molar-refractivity contribution in [1.82, 2.24) is 0 Å². The summed E-state index contributed by atoms with van der Waals surface area (Å²) < 4.78 is 153. The van der Waals surface area contributed by atoms with E-state index in [1.807, 2.05) is 0 Å². The first kappa shape index (κ1) is 37.8. The second-order valence-electron chi connectivity index (χ2n) is 9.77. The number of esters is 3. The lowest BCUT2D eigenvalue weighted by atomic mass is 9.92. The van der Waals surface area contributed by atoms with Gasteiger partial charge in [-0.05, 0) is 12.1 Å². The number of benzene rings is 3. The van der Waals surface area contributed by atoms with E-state index in [0.29, 0.717) is 26.4 Å². The van der Waals surface area contributed by atoms with Gasteiger partial charge in [0, 0.05) is 25.3 Å². The van der Waals surface area contributed by atoms with Crippen LogP contribution in [0.3, 0.4) is 0 Å². The number of rotatable bonds is 12. The molecule has 0 aliphatic heterocycles. The first-order chi connectivity index (χ1) is 22.4. The maximum atomic E-state index is 14.6. The van der Waals surface area contributed by atoms with Crippen LogP contribution in [0, 0.1) is 0 Å². The van der Waals surface area contributed by atoms with Crippen molar-refractivity contribution in [2.75, 3.05) is 20.8 Å². The minimum absolute atomic E-state index is 0.284. The summed E-state index contributed by atoms with van der Waals surface area (Å²) in [6, 6.07) is 15.7. The Bertz CT molecular complexity index is 1530. The zero-order valence-electron chi connectivity index (χ0n) is 24.7. The molecule has 0 fully saturated rings. The van der Waals surface area contributed by atoms with Gasteiger partial charge >= 0.3 is 36.4 Å². The molecule has 0 aromatic heterocycles. The van der Waals surface area contributed by atoms with Gasteiger partial charge < -0.3 is 23.7 Å². The summed E-state index contributed by atoms with van der Waals surface area (Å²) in [4.78, 5) is 39.0. The van der Waals surface area contributed by atoms with Crippen molar-refractivity contribution in [3.8, 4) is 0 Å². The van der Waals surface area contributed by atoms with Gasteiger partial charge in [-0.1, -0.05) is 78.9 Å². The Morgan fingerprint density at radius 2 is 0.958 bits per heavy atom. The molecule has 0 N–H and O–H groups in total. The normalized spacial score (nSPS) is 16.1. The summed E-state index contributed by atoms with van der Waals surface area (Å²) in [7, 11) is 0.739. The van der Waals surface area contributed by atoms with Crippen molar-refractivity contribution >= 4 is 17.9 Å². The molecular weight excluding hydrogens is 671 g/mol. The van der Waals surface area contributed by atoms with Crippen LogP contribution < -0.4 is 0 Å². The monoisotopic (exact) mass is 696 g/mol. The van der Waals surface area contributed by atoms with E-state index in [2.05, 4.69) is 18.9 Å². The van der Waals surface area contributed by atoms with E-state index < -0.39 is 77.6 Å². The van der Waals surface area contributed by atoms with Gasteiger partial charge in [0.05, 0.1) is 5.56 Å². The SMILES string of the molecule is CO[C@@](C(=O)OC(COC(=O)c1ccccc1)C(OC(=O)[C@](OC)(c1ccccc1)C(F)(F)F)C(F)(F)F)(c1ccccc1)C(F)(F)F. The molecule has 0 saturated heterocycles. The van der Waals surface area contributed by atoms with Crippen molar-refractivity contribution < 1.29 is 77.6 Å². The molecule has 0 bridgehead atoms. The predicted molar refractivity (Wildman–Crippen MR) is 145 cm³/mol. The molecule has 2 unspecified atom stereocenters. The van der Waals surface area contributed by atoms with Gasteiger partial charge in [0.15, 0.2) is 6.10 Å². The number of hydrogen-bond acceptors (Lipinski definition) is 8. The zero-order chi connectivity index (χ0) is 36.0. The molecule has 260 valence electrons. The van der Waals surface area contributed by atoms with Gasteiger partial charge in [0.25, 0.3) is 11.2 Å². The third-order valence-corrected chi connectivity index (χ3v) is 6.89. The number of alkyl halides is 9.